The molecule has 1 fully saturated rings. The van der Waals surface area contributed by atoms with E-state index in [0.717, 1.165) is 5.69 Å². The Labute approximate surface area is 109 Å². The quantitative estimate of drug-likeness (QED) is 0.838. The molecule has 18 heavy (non-hydrogen) atoms. The summed E-state index contributed by atoms with van der Waals surface area (Å²) >= 11 is 0. The lowest BCUT2D eigenvalue weighted by Gasteiger charge is -2.24. The molecule has 0 bridgehead atoms. The van der Waals surface area contributed by atoms with Crippen LogP contribution in [0.3, 0.4) is 0 Å². The molecule has 1 aliphatic carbocycles. The second kappa shape index (κ2) is 6.01. The maximum absolute atomic E-state index is 11.8. The predicted molar refractivity (Wildman–Crippen MR) is 74.5 cm³/mol. The monoisotopic (exact) mass is 246 g/mol. The molecule has 0 heterocycles. The smallest absolute Gasteiger partial charge is 0.224 e. The van der Waals surface area contributed by atoms with E-state index in [-0.39, 0.29) is 5.91 Å². The summed E-state index contributed by atoms with van der Waals surface area (Å²) in [6, 6.07) is 8.35. The molecule has 1 aromatic rings. The molecule has 98 valence electrons. The van der Waals surface area contributed by atoms with Gasteiger partial charge in [0.2, 0.25) is 5.91 Å². The van der Waals surface area contributed by atoms with E-state index in [1.54, 1.807) is 0 Å². The Morgan fingerprint density at radius 1 is 1.44 bits per heavy atom. The van der Waals surface area contributed by atoms with Crippen molar-refractivity contribution in [1.29, 1.82) is 0 Å². The van der Waals surface area contributed by atoms with Crippen LogP contribution in [0, 0.1) is 5.92 Å². The predicted octanol–water partition coefficient (Wildman–Crippen LogP) is 3.10. The van der Waals surface area contributed by atoms with Crippen LogP contribution in [0.15, 0.2) is 24.3 Å². The number of anilines is 1. The highest BCUT2D eigenvalue weighted by atomic mass is 16.1. The topological polar surface area (TPSA) is 41.1 Å². The third-order valence-corrected chi connectivity index (χ3v) is 3.80. The van der Waals surface area contributed by atoms with Crippen LogP contribution in [0.1, 0.15) is 44.2 Å². The maximum Gasteiger partial charge on any atom is 0.224 e. The minimum Gasteiger partial charge on any atom is -0.326 e. The molecule has 0 saturated heterocycles. The van der Waals surface area contributed by atoms with E-state index in [4.69, 9.17) is 0 Å². The first-order valence-corrected chi connectivity index (χ1v) is 6.76. The van der Waals surface area contributed by atoms with Crippen LogP contribution in [-0.4, -0.2) is 13.0 Å². The van der Waals surface area contributed by atoms with Crippen LogP contribution in [-0.2, 0) is 4.79 Å². The van der Waals surface area contributed by atoms with E-state index in [9.17, 15) is 4.79 Å². The van der Waals surface area contributed by atoms with Crippen LogP contribution in [0.25, 0.3) is 0 Å². The average Bonchev–Trinajstić information content (AvgIpc) is 2.33. The van der Waals surface area contributed by atoms with E-state index in [1.807, 2.05) is 25.2 Å². The number of carbonyl (C=O) groups excluding carboxylic acids is 1. The molecule has 1 aliphatic rings. The van der Waals surface area contributed by atoms with Crippen molar-refractivity contribution >= 4 is 11.6 Å². The Kier molecular flexibility index (Phi) is 4.37. The van der Waals surface area contributed by atoms with Crippen LogP contribution in [0.4, 0.5) is 5.69 Å². The first-order valence-electron chi connectivity index (χ1n) is 6.76. The van der Waals surface area contributed by atoms with Gasteiger partial charge >= 0.3 is 0 Å². The van der Waals surface area contributed by atoms with Crippen LogP contribution >= 0.6 is 0 Å². The van der Waals surface area contributed by atoms with E-state index in [2.05, 4.69) is 23.6 Å². The van der Waals surface area contributed by atoms with Crippen molar-refractivity contribution in [2.75, 3.05) is 12.4 Å². The minimum absolute atomic E-state index is 0.147. The highest BCUT2D eigenvalue weighted by molar-refractivity contribution is 5.90. The summed E-state index contributed by atoms with van der Waals surface area (Å²) in [6.45, 7) is 2.11. The van der Waals surface area contributed by atoms with Crippen molar-refractivity contribution in [2.45, 2.75) is 38.6 Å². The number of rotatable bonds is 5. The van der Waals surface area contributed by atoms with Gasteiger partial charge in [-0.05, 0) is 50.4 Å². The molecule has 0 spiro atoms. The fourth-order valence-corrected chi connectivity index (χ4v) is 2.22. The highest BCUT2D eigenvalue weighted by Crippen LogP contribution is 2.29. The lowest BCUT2D eigenvalue weighted by Crippen LogP contribution is -2.21. The van der Waals surface area contributed by atoms with Crippen molar-refractivity contribution in [3.63, 3.8) is 0 Å². The van der Waals surface area contributed by atoms with Gasteiger partial charge in [0.15, 0.2) is 0 Å². The van der Waals surface area contributed by atoms with Gasteiger partial charge in [-0.15, -0.1) is 0 Å². The molecule has 1 atom stereocenters. The molecule has 0 aliphatic heterocycles. The van der Waals surface area contributed by atoms with Gasteiger partial charge in [-0.1, -0.05) is 18.6 Å². The number of amides is 1. The van der Waals surface area contributed by atoms with Gasteiger partial charge in [-0.3, -0.25) is 4.79 Å². The number of hydrogen-bond acceptors (Lipinski definition) is 2. The van der Waals surface area contributed by atoms with Crippen LogP contribution < -0.4 is 10.6 Å². The molecule has 3 nitrogen and oxygen atoms in total. The van der Waals surface area contributed by atoms with Crippen molar-refractivity contribution in [3.05, 3.63) is 29.8 Å². The van der Waals surface area contributed by atoms with Gasteiger partial charge in [0.05, 0.1) is 0 Å². The number of benzene rings is 1. The fraction of sp³-hybridized carbons (Fsp3) is 0.533. The molecular weight excluding hydrogens is 224 g/mol. The number of nitrogens with one attached hydrogen (secondary N) is 2. The Morgan fingerprint density at radius 2 is 2.22 bits per heavy atom. The molecule has 2 rings (SSSR count). The summed E-state index contributed by atoms with van der Waals surface area (Å²) in [5.74, 6) is 0.762. The summed E-state index contributed by atoms with van der Waals surface area (Å²) in [5, 5.41) is 6.19. The summed E-state index contributed by atoms with van der Waals surface area (Å²) < 4.78 is 0. The Balaban J connectivity index is 1.93. The van der Waals surface area contributed by atoms with E-state index in [0.29, 0.717) is 18.4 Å². The third kappa shape index (κ3) is 3.33. The van der Waals surface area contributed by atoms with Crippen molar-refractivity contribution in [1.82, 2.24) is 5.32 Å². The Hall–Kier alpha value is -1.35. The molecule has 1 aromatic carbocycles. The highest BCUT2D eigenvalue weighted by Gasteiger charge is 2.20. The molecule has 3 heteroatoms. The summed E-state index contributed by atoms with van der Waals surface area (Å²) in [4.78, 5) is 11.8. The van der Waals surface area contributed by atoms with Gasteiger partial charge in [-0.2, -0.15) is 0 Å². The zero-order valence-corrected chi connectivity index (χ0v) is 11.2. The zero-order valence-electron chi connectivity index (χ0n) is 11.2. The second-order valence-corrected chi connectivity index (χ2v) is 5.19. The lowest BCUT2D eigenvalue weighted by atomic mass is 9.83. The summed E-state index contributed by atoms with van der Waals surface area (Å²) in [6.07, 6.45) is 4.38. The number of hydrogen-bond donors (Lipinski definition) is 2. The lowest BCUT2D eigenvalue weighted by molar-refractivity contribution is -0.117. The van der Waals surface area contributed by atoms with Gasteiger partial charge in [0.1, 0.15) is 0 Å². The minimum atomic E-state index is 0.147. The SMILES string of the molecule is CNC(C)c1cccc(NC(=O)CC2CCC2)c1. The molecule has 1 amide bonds. The van der Waals surface area contributed by atoms with Crippen molar-refractivity contribution in [2.24, 2.45) is 5.92 Å². The maximum atomic E-state index is 11.8. The molecule has 0 radical (unpaired) electrons. The second-order valence-electron chi connectivity index (χ2n) is 5.19. The zero-order chi connectivity index (χ0) is 13.0. The summed E-state index contributed by atoms with van der Waals surface area (Å²) in [5.41, 5.74) is 2.10. The first-order chi connectivity index (χ1) is 8.69. The standard InChI is InChI=1S/C15H22N2O/c1-11(16-2)13-7-4-8-14(10-13)17-15(18)9-12-5-3-6-12/h4,7-8,10-12,16H,3,5-6,9H2,1-2H3,(H,17,18). The largest absolute Gasteiger partial charge is 0.326 e. The molecule has 0 aromatic heterocycles. The fourth-order valence-electron chi connectivity index (χ4n) is 2.22. The molecular formula is C15H22N2O. The molecule has 1 unspecified atom stereocenters. The van der Waals surface area contributed by atoms with E-state index in [1.165, 1.54) is 24.8 Å². The Bertz CT molecular complexity index is 413. The van der Waals surface area contributed by atoms with Gasteiger partial charge in [-0.25, -0.2) is 0 Å². The average molecular weight is 246 g/mol. The van der Waals surface area contributed by atoms with E-state index >= 15 is 0 Å². The van der Waals surface area contributed by atoms with Crippen LogP contribution in [0.5, 0.6) is 0 Å². The normalized spacial score (nSPS) is 17.0. The first kappa shape index (κ1) is 13.1. The molecule has 1 saturated carbocycles. The van der Waals surface area contributed by atoms with E-state index < -0.39 is 0 Å². The number of carbonyl (C=O) groups is 1. The van der Waals surface area contributed by atoms with Gasteiger partial charge < -0.3 is 10.6 Å². The summed E-state index contributed by atoms with van der Waals surface area (Å²) in [7, 11) is 1.94. The van der Waals surface area contributed by atoms with Crippen molar-refractivity contribution < 1.29 is 4.79 Å². The van der Waals surface area contributed by atoms with Crippen molar-refractivity contribution in [3.8, 4) is 0 Å². The van der Waals surface area contributed by atoms with Gasteiger partial charge in [0, 0.05) is 18.2 Å². The van der Waals surface area contributed by atoms with Gasteiger partial charge in [0.25, 0.3) is 0 Å². The third-order valence-electron chi connectivity index (χ3n) is 3.80. The Morgan fingerprint density at radius 3 is 2.83 bits per heavy atom. The molecule has 2 N–H and O–H groups in total. The van der Waals surface area contributed by atoms with Crippen LogP contribution in [0.2, 0.25) is 0 Å².